The van der Waals surface area contributed by atoms with Gasteiger partial charge in [0.25, 0.3) is 5.56 Å². The zero-order valence-corrected chi connectivity index (χ0v) is 12.1. The summed E-state index contributed by atoms with van der Waals surface area (Å²) in [6.07, 6.45) is 0. The molecule has 1 aromatic heterocycles. The third-order valence-corrected chi connectivity index (χ3v) is 4.09. The lowest BCUT2D eigenvalue weighted by Gasteiger charge is -2.10. The van der Waals surface area contributed by atoms with Crippen LogP contribution in [0.4, 0.5) is 0 Å². The second kappa shape index (κ2) is 4.74. The van der Waals surface area contributed by atoms with Crippen LogP contribution in [0.5, 0.6) is 0 Å². The van der Waals surface area contributed by atoms with Crippen molar-refractivity contribution in [2.75, 3.05) is 0 Å². The van der Waals surface area contributed by atoms with Crippen LogP contribution < -0.4 is 11.2 Å². The van der Waals surface area contributed by atoms with E-state index in [2.05, 4.69) is 20.9 Å². The summed E-state index contributed by atoms with van der Waals surface area (Å²) in [6, 6.07) is 5.36. The van der Waals surface area contributed by atoms with Gasteiger partial charge in [0.15, 0.2) is 0 Å². The summed E-state index contributed by atoms with van der Waals surface area (Å²) in [6.45, 7) is 3.45. The Hall–Kier alpha value is -1.33. The van der Waals surface area contributed by atoms with Crippen LogP contribution in [0.2, 0.25) is 5.15 Å². The smallest absolute Gasteiger partial charge is 0.297 e. The van der Waals surface area contributed by atoms with Crippen molar-refractivity contribution in [3.8, 4) is 5.69 Å². The molecule has 1 N–H and O–H groups in total. The first-order valence-corrected chi connectivity index (χ1v) is 6.37. The maximum atomic E-state index is 12.1. The van der Waals surface area contributed by atoms with Crippen LogP contribution in [0.25, 0.3) is 5.69 Å². The van der Waals surface area contributed by atoms with Crippen LogP contribution >= 0.6 is 27.5 Å². The average molecular weight is 330 g/mol. The summed E-state index contributed by atoms with van der Waals surface area (Å²) in [4.78, 5) is 26.4. The highest BCUT2D eigenvalue weighted by Crippen LogP contribution is 2.22. The van der Waals surface area contributed by atoms with Crippen molar-refractivity contribution in [2.45, 2.75) is 13.8 Å². The molecule has 6 heteroatoms. The molecule has 0 bridgehead atoms. The molecule has 4 nitrogen and oxygen atoms in total. The van der Waals surface area contributed by atoms with Gasteiger partial charge in [-0.05, 0) is 41.4 Å². The molecule has 1 heterocycles. The molecular formula is C12H10BrClN2O2. The standard InChI is InChI=1S/C12H10BrClN2O2/c1-6-4-3-5-8(9(6)13)16-11(17)7(2)10(14)15-12(16)18/h3-5H,1-2H3,(H,15,18). The highest BCUT2D eigenvalue weighted by Gasteiger charge is 2.13. The second-order valence-corrected chi connectivity index (χ2v) is 5.09. The maximum Gasteiger partial charge on any atom is 0.334 e. The van der Waals surface area contributed by atoms with Crippen LogP contribution in [0.3, 0.4) is 0 Å². The number of hydrogen-bond donors (Lipinski definition) is 1. The molecule has 2 rings (SSSR count). The minimum atomic E-state index is -0.554. The summed E-state index contributed by atoms with van der Waals surface area (Å²) in [7, 11) is 0. The van der Waals surface area contributed by atoms with E-state index in [4.69, 9.17) is 11.6 Å². The number of aryl methyl sites for hydroxylation is 1. The maximum absolute atomic E-state index is 12.1. The van der Waals surface area contributed by atoms with Crippen molar-refractivity contribution < 1.29 is 0 Å². The highest BCUT2D eigenvalue weighted by molar-refractivity contribution is 9.10. The van der Waals surface area contributed by atoms with Crippen molar-refractivity contribution in [3.63, 3.8) is 0 Å². The minimum Gasteiger partial charge on any atom is -0.297 e. The van der Waals surface area contributed by atoms with Crippen molar-refractivity contribution in [1.29, 1.82) is 0 Å². The molecule has 1 aromatic carbocycles. The molecule has 0 saturated carbocycles. The monoisotopic (exact) mass is 328 g/mol. The quantitative estimate of drug-likeness (QED) is 0.818. The fourth-order valence-electron chi connectivity index (χ4n) is 1.62. The molecule has 0 atom stereocenters. The van der Waals surface area contributed by atoms with Crippen molar-refractivity contribution >= 4 is 27.5 Å². The normalized spacial score (nSPS) is 10.7. The fraction of sp³-hybridized carbons (Fsp3) is 0.167. The molecule has 0 spiro atoms. The number of nitrogens with one attached hydrogen (secondary N) is 1. The number of aromatic amines is 1. The summed E-state index contributed by atoms with van der Waals surface area (Å²) in [5, 5.41) is 0.0741. The number of aromatic nitrogens is 2. The molecule has 18 heavy (non-hydrogen) atoms. The van der Waals surface area contributed by atoms with Gasteiger partial charge in [-0.3, -0.25) is 9.78 Å². The Morgan fingerprint density at radius 3 is 2.61 bits per heavy atom. The van der Waals surface area contributed by atoms with Gasteiger partial charge in [-0.25, -0.2) is 9.36 Å². The third-order valence-electron chi connectivity index (χ3n) is 2.69. The van der Waals surface area contributed by atoms with E-state index in [-0.39, 0.29) is 5.15 Å². The van der Waals surface area contributed by atoms with Crippen molar-refractivity contribution in [3.05, 3.63) is 59.8 Å². The van der Waals surface area contributed by atoms with Gasteiger partial charge in [-0.15, -0.1) is 0 Å². The van der Waals surface area contributed by atoms with Crippen molar-refractivity contribution in [1.82, 2.24) is 9.55 Å². The van der Waals surface area contributed by atoms with E-state index in [0.717, 1.165) is 10.1 Å². The fourth-order valence-corrected chi connectivity index (χ4v) is 2.22. The Kier molecular flexibility index (Phi) is 3.45. The van der Waals surface area contributed by atoms with Gasteiger partial charge in [-0.2, -0.15) is 0 Å². The first-order valence-electron chi connectivity index (χ1n) is 5.20. The summed E-state index contributed by atoms with van der Waals surface area (Å²) < 4.78 is 1.78. The van der Waals surface area contributed by atoms with Crippen molar-refractivity contribution in [2.24, 2.45) is 0 Å². The van der Waals surface area contributed by atoms with Crippen LogP contribution in [0.1, 0.15) is 11.1 Å². The highest BCUT2D eigenvalue weighted by atomic mass is 79.9. The number of benzene rings is 1. The number of H-pyrrole nitrogens is 1. The van der Waals surface area contributed by atoms with Gasteiger partial charge < -0.3 is 0 Å². The molecule has 0 aliphatic carbocycles. The Morgan fingerprint density at radius 2 is 1.94 bits per heavy atom. The summed E-state index contributed by atoms with van der Waals surface area (Å²) in [5.41, 5.74) is 0.772. The van der Waals surface area contributed by atoms with Crippen LogP contribution in [0.15, 0.2) is 32.3 Å². The van der Waals surface area contributed by atoms with E-state index in [1.54, 1.807) is 19.1 Å². The number of halogens is 2. The molecule has 0 aliphatic rings. The number of hydrogen-bond acceptors (Lipinski definition) is 2. The zero-order chi connectivity index (χ0) is 13.4. The summed E-state index contributed by atoms with van der Waals surface area (Å²) in [5.74, 6) is 0. The van der Waals surface area contributed by atoms with E-state index >= 15 is 0 Å². The Balaban J connectivity index is 2.89. The third kappa shape index (κ3) is 2.04. The van der Waals surface area contributed by atoms with Gasteiger partial charge in [0.1, 0.15) is 5.15 Å². The van der Waals surface area contributed by atoms with Gasteiger partial charge in [0, 0.05) is 4.47 Å². The van der Waals surface area contributed by atoms with E-state index in [1.165, 1.54) is 0 Å². The Morgan fingerprint density at radius 1 is 1.28 bits per heavy atom. The SMILES string of the molecule is Cc1cccc(-n2c(=O)[nH]c(Cl)c(C)c2=O)c1Br. The van der Waals surface area contributed by atoms with Gasteiger partial charge in [0.2, 0.25) is 0 Å². The average Bonchev–Trinajstić information content (AvgIpc) is 2.32. The second-order valence-electron chi connectivity index (χ2n) is 3.92. The first kappa shape index (κ1) is 13.1. The number of rotatable bonds is 1. The van der Waals surface area contributed by atoms with Gasteiger partial charge >= 0.3 is 5.69 Å². The van der Waals surface area contributed by atoms with Gasteiger partial charge in [-0.1, -0.05) is 23.7 Å². The molecule has 0 saturated heterocycles. The molecular weight excluding hydrogens is 320 g/mol. The lowest BCUT2D eigenvalue weighted by Crippen LogP contribution is -2.35. The topological polar surface area (TPSA) is 54.9 Å². The molecule has 0 unspecified atom stereocenters. The summed E-state index contributed by atoms with van der Waals surface area (Å²) >= 11 is 9.15. The lowest BCUT2D eigenvalue weighted by molar-refractivity contribution is 0.855. The predicted molar refractivity (Wildman–Crippen MR) is 74.8 cm³/mol. The Bertz CT molecular complexity index is 734. The Labute approximate surface area is 116 Å². The van der Waals surface area contributed by atoms with Crippen LogP contribution in [-0.4, -0.2) is 9.55 Å². The molecule has 0 amide bonds. The zero-order valence-electron chi connectivity index (χ0n) is 9.75. The first-order chi connectivity index (χ1) is 8.43. The van der Waals surface area contributed by atoms with E-state index in [9.17, 15) is 9.59 Å². The molecule has 0 radical (unpaired) electrons. The predicted octanol–water partition coefficient (Wildman–Crippen LogP) is 2.56. The minimum absolute atomic E-state index is 0.0741. The van der Waals surface area contributed by atoms with E-state index < -0.39 is 11.2 Å². The molecule has 0 aliphatic heterocycles. The molecule has 2 aromatic rings. The lowest BCUT2D eigenvalue weighted by atomic mass is 10.2. The number of nitrogens with zero attached hydrogens (tertiary/aromatic N) is 1. The molecule has 94 valence electrons. The van der Waals surface area contributed by atoms with E-state index in [1.807, 2.05) is 13.0 Å². The van der Waals surface area contributed by atoms with Crippen LogP contribution in [0, 0.1) is 13.8 Å². The van der Waals surface area contributed by atoms with E-state index in [0.29, 0.717) is 15.7 Å². The van der Waals surface area contributed by atoms with Crippen LogP contribution in [-0.2, 0) is 0 Å². The van der Waals surface area contributed by atoms with Gasteiger partial charge in [0.05, 0.1) is 11.3 Å². The largest absolute Gasteiger partial charge is 0.334 e. The molecule has 0 fully saturated rings.